The number of esters is 2. The van der Waals surface area contributed by atoms with Crippen LogP contribution in [-0.2, 0) is 25.7 Å². The molecule has 1 aliphatic heterocycles. The molecule has 2 aliphatic rings. The Bertz CT molecular complexity index is 1080. The van der Waals surface area contributed by atoms with Crippen molar-refractivity contribution in [1.82, 2.24) is 0 Å². The first-order valence-corrected chi connectivity index (χ1v) is 11.4. The maximum atomic E-state index is 12.5. The fourth-order valence-corrected chi connectivity index (χ4v) is 5.08. The van der Waals surface area contributed by atoms with E-state index in [0.717, 1.165) is 18.4 Å². The van der Waals surface area contributed by atoms with E-state index in [9.17, 15) is 19.7 Å². The summed E-state index contributed by atoms with van der Waals surface area (Å²) >= 11 is 6.88. The van der Waals surface area contributed by atoms with Crippen LogP contribution in [0.4, 0.5) is 5.69 Å². The summed E-state index contributed by atoms with van der Waals surface area (Å²) in [4.78, 5) is 35.2. The summed E-state index contributed by atoms with van der Waals surface area (Å²) in [6.07, 6.45) is 4.16. The third-order valence-corrected chi connectivity index (χ3v) is 6.40. The van der Waals surface area contributed by atoms with Gasteiger partial charge in [0.2, 0.25) is 0 Å². The summed E-state index contributed by atoms with van der Waals surface area (Å²) in [5.74, 6) is -1.98. The third-order valence-electron chi connectivity index (χ3n) is 5.22. The average molecular weight is 567 g/mol. The van der Waals surface area contributed by atoms with E-state index in [1.165, 1.54) is 18.2 Å². The SMILES string of the molecule is O=C1OC2(CCCC2)OC(=O)C1=Cc1cc(Br)c(OCc2ccc([N+](=O)[O-])cc2)c(Br)c1. The molecule has 0 radical (unpaired) electrons. The van der Waals surface area contributed by atoms with E-state index in [0.29, 0.717) is 33.1 Å². The molecule has 2 aromatic rings. The molecule has 166 valence electrons. The first kappa shape index (κ1) is 22.5. The van der Waals surface area contributed by atoms with Gasteiger partial charge < -0.3 is 14.2 Å². The minimum absolute atomic E-state index is 0.00659. The molecule has 2 fully saturated rings. The molecule has 0 amide bonds. The smallest absolute Gasteiger partial charge is 0.348 e. The number of carbonyl (C=O) groups excluding carboxylic acids is 2. The molecule has 10 heteroatoms. The van der Waals surface area contributed by atoms with Gasteiger partial charge in [0, 0.05) is 25.0 Å². The van der Waals surface area contributed by atoms with Crippen molar-refractivity contribution in [2.75, 3.05) is 0 Å². The standard InChI is InChI=1S/C22H17Br2NO7/c23-17-10-14(9-16-20(26)31-22(32-21(16)27)7-1-2-8-22)11-18(24)19(17)30-12-13-3-5-15(6-4-13)25(28)29/h3-6,9-11H,1-2,7-8,12H2. The van der Waals surface area contributed by atoms with E-state index in [-0.39, 0.29) is 17.9 Å². The molecule has 1 saturated heterocycles. The summed E-state index contributed by atoms with van der Waals surface area (Å²) in [5.41, 5.74) is 1.17. The predicted molar refractivity (Wildman–Crippen MR) is 121 cm³/mol. The van der Waals surface area contributed by atoms with Crippen LogP contribution >= 0.6 is 31.9 Å². The van der Waals surface area contributed by atoms with E-state index in [4.69, 9.17) is 14.2 Å². The van der Waals surface area contributed by atoms with Crippen LogP contribution in [0, 0.1) is 10.1 Å². The van der Waals surface area contributed by atoms with Crippen LogP contribution in [0.5, 0.6) is 5.75 Å². The summed E-state index contributed by atoms with van der Waals surface area (Å²) in [6.45, 7) is 0.191. The molecule has 0 unspecified atom stereocenters. The Hall–Kier alpha value is -2.72. The van der Waals surface area contributed by atoms with Crippen LogP contribution in [0.25, 0.3) is 6.08 Å². The molecule has 0 bridgehead atoms. The number of hydrogen-bond donors (Lipinski definition) is 0. The number of nitrogens with zero attached hydrogens (tertiary/aromatic N) is 1. The minimum atomic E-state index is -1.11. The number of ether oxygens (including phenoxy) is 3. The van der Waals surface area contributed by atoms with Gasteiger partial charge in [-0.1, -0.05) is 0 Å². The Morgan fingerprint density at radius 2 is 1.59 bits per heavy atom. The van der Waals surface area contributed by atoms with Gasteiger partial charge in [-0.05, 0) is 86.2 Å². The molecule has 1 aliphatic carbocycles. The van der Waals surface area contributed by atoms with Crippen LogP contribution in [0.3, 0.4) is 0 Å². The molecular formula is C22H17Br2NO7. The predicted octanol–water partition coefficient (Wildman–Crippen LogP) is 5.45. The average Bonchev–Trinajstić information content (AvgIpc) is 3.18. The lowest BCUT2D eigenvalue weighted by Crippen LogP contribution is -2.44. The summed E-state index contributed by atoms with van der Waals surface area (Å²) < 4.78 is 17.9. The van der Waals surface area contributed by atoms with Gasteiger partial charge in [-0.15, -0.1) is 0 Å². The van der Waals surface area contributed by atoms with Crippen LogP contribution in [0.2, 0.25) is 0 Å². The molecule has 1 saturated carbocycles. The molecule has 0 aromatic heterocycles. The highest BCUT2D eigenvalue weighted by atomic mass is 79.9. The zero-order chi connectivity index (χ0) is 22.9. The number of benzene rings is 2. The Morgan fingerprint density at radius 3 is 2.12 bits per heavy atom. The zero-order valence-corrected chi connectivity index (χ0v) is 19.8. The van der Waals surface area contributed by atoms with Gasteiger partial charge in [-0.3, -0.25) is 10.1 Å². The van der Waals surface area contributed by atoms with Gasteiger partial charge in [-0.2, -0.15) is 0 Å². The summed E-state index contributed by atoms with van der Waals surface area (Å²) in [5, 5.41) is 10.8. The Morgan fingerprint density at radius 1 is 1.03 bits per heavy atom. The second-order valence-corrected chi connectivity index (χ2v) is 9.19. The first-order chi connectivity index (χ1) is 15.3. The largest absolute Gasteiger partial charge is 0.487 e. The maximum Gasteiger partial charge on any atom is 0.348 e. The number of non-ortho nitro benzene ring substituents is 1. The number of carbonyl (C=O) groups is 2. The van der Waals surface area contributed by atoms with Gasteiger partial charge in [0.05, 0.1) is 13.9 Å². The lowest BCUT2D eigenvalue weighted by molar-refractivity contribution is -0.384. The van der Waals surface area contributed by atoms with Crippen LogP contribution in [-0.4, -0.2) is 22.6 Å². The van der Waals surface area contributed by atoms with Crippen molar-refractivity contribution >= 4 is 55.6 Å². The van der Waals surface area contributed by atoms with Crippen LogP contribution in [0.1, 0.15) is 36.8 Å². The molecule has 0 atom stereocenters. The quantitative estimate of drug-likeness (QED) is 0.156. The molecule has 2 aromatic carbocycles. The van der Waals surface area contributed by atoms with Crippen LogP contribution < -0.4 is 4.74 Å². The van der Waals surface area contributed by atoms with Gasteiger partial charge in [0.15, 0.2) is 0 Å². The van der Waals surface area contributed by atoms with Crippen molar-refractivity contribution in [2.24, 2.45) is 0 Å². The molecule has 8 nitrogen and oxygen atoms in total. The fraction of sp³-hybridized carbons (Fsp3) is 0.273. The van der Waals surface area contributed by atoms with Crippen molar-refractivity contribution in [3.05, 3.63) is 72.2 Å². The van der Waals surface area contributed by atoms with E-state index in [2.05, 4.69) is 31.9 Å². The second kappa shape index (κ2) is 9.03. The summed E-state index contributed by atoms with van der Waals surface area (Å²) in [6, 6.07) is 9.46. The molecule has 4 rings (SSSR count). The van der Waals surface area contributed by atoms with Gasteiger partial charge in [0.1, 0.15) is 17.9 Å². The van der Waals surface area contributed by atoms with Gasteiger partial charge >= 0.3 is 11.9 Å². The molecule has 0 N–H and O–H groups in total. The van der Waals surface area contributed by atoms with Gasteiger partial charge in [-0.25, -0.2) is 9.59 Å². The monoisotopic (exact) mass is 565 g/mol. The normalized spacial score (nSPS) is 17.1. The summed E-state index contributed by atoms with van der Waals surface area (Å²) in [7, 11) is 0. The van der Waals surface area contributed by atoms with Crippen molar-refractivity contribution < 1.29 is 28.7 Å². The van der Waals surface area contributed by atoms with E-state index < -0.39 is 22.6 Å². The first-order valence-electron chi connectivity index (χ1n) is 9.80. The zero-order valence-electron chi connectivity index (χ0n) is 16.6. The van der Waals surface area contributed by atoms with Crippen molar-refractivity contribution in [3.8, 4) is 5.75 Å². The van der Waals surface area contributed by atoms with Crippen molar-refractivity contribution in [3.63, 3.8) is 0 Å². The molecule has 32 heavy (non-hydrogen) atoms. The van der Waals surface area contributed by atoms with Gasteiger partial charge in [0.25, 0.3) is 11.5 Å². The highest BCUT2D eigenvalue weighted by Gasteiger charge is 2.47. The second-order valence-electron chi connectivity index (χ2n) is 7.48. The Balaban J connectivity index is 1.49. The molecule has 1 spiro atoms. The molecular weight excluding hydrogens is 550 g/mol. The van der Waals surface area contributed by atoms with Crippen molar-refractivity contribution in [1.29, 1.82) is 0 Å². The van der Waals surface area contributed by atoms with E-state index in [1.807, 2.05) is 0 Å². The fourth-order valence-electron chi connectivity index (χ4n) is 3.62. The molecule has 1 heterocycles. The van der Waals surface area contributed by atoms with Crippen LogP contribution in [0.15, 0.2) is 50.9 Å². The lowest BCUT2D eigenvalue weighted by Gasteiger charge is -2.32. The number of hydrogen-bond acceptors (Lipinski definition) is 7. The topological polar surface area (TPSA) is 105 Å². The highest BCUT2D eigenvalue weighted by molar-refractivity contribution is 9.11. The van der Waals surface area contributed by atoms with E-state index in [1.54, 1.807) is 24.3 Å². The van der Waals surface area contributed by atoms with Crippen molar-refractivity contribution in [2.45, 2.75) is 38.1 Å². The lowest BCUT2D eigenvalue weighted by atomic mass is 10.1. The minimum Gasteiger partial charge on any atom is -0.487 e. The Labute approximate surface area is 199 Å². The number of nitro groups is 1. The highest BCUT2D eigenvalue weighted by Crippen LogP contribution is 2.40. The van der Waals surface area contributed by atoms with E-state index >= 15 is 0 Å². The number of rotatable bonds is 5. The third kappa shape index (κ3) is 4.71. The number of nitro benzene ring substituents is 1. The maximum absolute atomic E-state index is 12.5. The number of halogens is 2. The Kier molecular flexibility index (Phi) is 6.34.